The van der Waals surface area contributed by atoms with Crippen LogP contribution in [0.25, 0.3) is 10.9 Å². The maximum Gasteiger partial charge on any atom is 0.257 e. The number of carbonyl (C=O) groups excluding carboxylic acids is 2. The average Bonchev–Trinajstić information content (AvgIpc) is 3.10. The Balaban J connectivity index is 1.72. The summed E-state index contributed by atoms with van der Waals surface area (Å²) in [5.41, 5.74) is 8.22. The van der Waals surface area contributed by atoms with E-state index in [2.05, 4.69) is 5.32 Å². The largest absolute Gasteiger partial charge is 0.366 e. The monoisotopic (exact) mass is 401 g/mol. The van der Waals surface area contributed by atoms with Crippen LogP contribution >= 0.6 is 0 Å². The maximum absolute atomic E-state index is 14.2. The highest BCUT2D eigenvalue weighted by Gasteiger charge is 2.18. The fraction of sp³-hybridized carbons (Fsp3) is 0.0833. The van der Waals surface area contributed by atoms with Gasteiger partial charge in [-0.25, -0.2) is 4.39 Å². The van der Waals surface area contributed by atoms with Crippen LogP contribution < -0.4 is 11.1 Å². The Morgan fingerprint density at radius 3 is 2.47 bits per heavy atom. The number of benzene rings is 3. The van der Waals surface area contributed by atoms with Crippen LogP contribution in [0.2, 0.25) is 0 Å². The van der Waals surface area contributed by atoms with Gasteiger partial charge in [-0.05, 0) is 30.7 Å². The molecule has 1 heterocycles. The second-order valence-corrected chi connectivity index (χ2v) is 7.12. The van der Waals surface area contributed by atoms with E-state index in [4.69, 9.17) is 5.73 Å². The molecule has 6 heteroatoms. The molecule has 4 rings (SSSR count). The number of primary amides is 1. The number of rotatable bonds is 5. The zero-order valence-corrected chi connectivity index (χ0v) is 16.4. The van der Waals surface area contributed by atoms with Crippen molar-refractivity contribution in [3.8, 4) is 0 Å². The van der Waals surface area contributed by atoms with Gasteiger partial charge < -0.3 is 15.6 Å². The van der Waals surface area contributed by atoms with Crippen molar-refractivity contribution in [2.45, 2.75) is 13.5 Å². The molecule has 0 aliphatic carbocycles. The Morgan fingerprint density at radius 1 is 1.03 bits per heavy atom. The van der Waals surface area contributed by atoms with Gasteiger partial charge in [-0.15, -0.1) is 0 Å². The molecule has 5 nitrogen and oxygen atoms in total. The minimum atomic E-state index is -0.760. The van der Waals surface area contributed by atoms with E-state index in [1.807, 2.05) is 59.2 Å². The van der Waals surface area contributed by atoms with Gasteiger partial charge >= 0.3 is 0 Å². The molecule has 0 fully saturated rings. The molecule has 3 N–H and O–H groups in total. The second kappa shape index (κ2) is 7.83. The van der Waals surface area contributed by atoms with E-state index in [1.54, 1.807) is 6.20 Å². The first-order valence-electron chi connectivity index (χ1n) is 9.47. The van der Waals surface area contributed by atoms with Gasteiger partial charge in [0, 0.05) is 40.5 Å². The first-order valence-corrected chi connectivity index (χ1v) is 9.47. The first kappa shape index (κ1) is 19.4. The van der Waals surface area contributed by atoms with Crippen LogP contribution in [0.1, 0.15) is 31.8 Å². The highest BCUT2D eigenvalue weighted by Crippen LogP contribution is 2.26. The van der Waals surface area contributed by atoms with Gasteiger partial charge in [-0.1, -0.05) is 48.5 Å². The molecular weight excluding hydrogens is 381 g/mol. The Kier molecular flexibility index (Phi) is 5.06. The lowest BCUT2D eigenvalue weighted by Crippen LogP contribution is -2.16. The number of para-hydroxylation sites is 1. The first-order chi connectivity index (χ1) is 14.4. The number of nitrogens with zero attached hydrogens (tertiary/aromatic N) is 1. The fourth-order valence-corrected chi connectivity index (χ4v) is 3.48. The Labute approximate surface area is 172 Å². The summed E-state index contributed by atoms with van der Waals surface area (Å²) in [7, 11) is 0. The van der Waals surface area contributed by atoms with E-state index in [0.717, 1.165) is 22.5 Å². The molecule has 3 aromatic carbocycles. The molecule has 0 saturated carbocycles. The van der Waals surface area contributed by atoms with Gasteiger partial charge in [0.2, 0.25) is 5.91 Å². The van der Waals surface area contributed by atoms with Crippen LogP contribution in [0.4, 0.5) is 10.1 Å². The van der Waals surface area contributed by atoms with E-state index < -0.39 is 11.7 Å². The molecule has 0 atom stereocenters. The van der Waals surface area contributed by atoms with Crippen molar-refractivity contribution in [2.24, 2.45) is 5.73 Å². The third kappa shape index (κ3) is 3.67. The zero-order valence-electron chi connectivity index (χ0n) is 16.4. The van der Waals surface area contributed by atoms with E-state index in [-0.39, 0.29) is 22.7 Å². The van der Waals surface area contributed by atoms with Crippen LogP contribution in [0, 0.1) is 12.7 Å². The normalized spacial score (nSPS) is 10.9. The van der Waals surface area contributed by atoms with Crippen LogP contribution in [-0.4, -0.2) is 16.4 Å². The van der Waals surface area contributed by atoms with Crippen molar-refractivity contribution in [1.29, 1.82) is 0 Å². The molecule has 0 spiro atoms. The maximum atomic E-state index is 14.2. The topological polar surface area (TPSA) is 77.1 Å². The summed E-state index contributed by atoms with van der Waals surface area (Å²) >= 11 is 0. The fourth-order valence-electron chi connectivity index (χ4n) is 3.48. The summed E-state index contributed by atoms with van der Waals surface area (Å²) in [5, 5.41) is 3.52. The van der Waals surface area contributed by atoms with Crippen molar-refractivity contribution >= 4 is 28.4 Å². The van der Waals surface area contributed by atoms with Gasteiger partial charge in [-0.2, -0.15) is 0 Å². The number of hydrogen-bond donors (Lipinski definition) is 2. The van der Waals surface area contributed by atoms with Crippen LogP contribution in [0.3, 0.4) is 0 Å². The highest BCUT2D eigenvalue weighted by molar-refractivity contribution is 6.13. The molecule has 0 saturated heterocycles. The molecule has 30 heavy (non-hydrogen) atoms. The molecule has 1 aromatic heterocycles. The van der Waals surface area contributed by atoms with E-state index in [0.29, 0.717) is 12.1 Å². The van der Waals surface area contributed by atoms with Gasteiger partial charge in [-0.3, -0.25) is 9.59 Å². The average molecular weight is 401 g/mol. The molecule has 2 amide bonds. The predicted octanol–water partition coefficient (Wildman–Crippen LogP) is 4.49. The molecule has 0 aliphatic heterocycles. The molecule has 150 valence electrons. The van der Waals surface area contributed by atoms with Gasteiger partial charge in [0.25, 0.3) is 5.91 Å². The number of hydrogen-bond acceptors (Lipinski definition) is 2. The molecular formula is C24H20FN3O2. The molecule has 4 aromatic rings. The van der Waals surface area contributed by atoms with Crippen LogP contribution in [0.15, 0.2) is 72.9 Å². The van der Waals surface area contributed by atoms with E-state index in [1.165, 1.54) is 13.0 Å². The number of halogens is 1. The number of aromatic nitrogens is 1. The zero-order chi connectivity index (χ0) is 21.3. The summed E-state index contributed by atoms with van der Waals surface area (Å²) in [6.45, 7) is 2.15. The smallest absolute Gasteiger partial charge is 0.257 e. The van der Waals surface area contributed by atoms with Gasteiger partial charge in [0.15, 0.2) is 0 Å². The van der Waals surface area contributed by atoms with Crippen molar-refractivity contribution in [1.82, 2.24) is 4.57 Å². The number of carbonyl (C=O) groups is 2. The van der Waals surface area contributed by atoms with Gasteiger partial charge in [0.1, 0.15) is 5.82 Å². The predicted molar refractivity (Wildman–Crippen MR) is 115 cm³/mol. The summed E-state index contributed by atoms with van der Waals surface area (Å²) in [6, 6.07) is 20.0. The second-order valence-electron chi connectivity index (χ2n) is 7.12. The Morgan fingerprint density at radius 2 is 1.73 bits per heavy atom. The molecule has 0 aliphatic rings. The third-order valence-corrected chi connectivity index (χ3v) is 5.11. The standard InChI is InChI=1S/C24H20FN3O2/c1-15-20(25)11-17(23(26)29)12-21(15)27-24(30)19-14-28(13-16-7-3-2-4-8-16)22-10-6-5-9-18(19)22/h2-12,14H,13H2,1H3,(H2,26,29)(H,27,30). The third-order valence-electron chi connectivity index (χ3n) is 5.11. The number of fused-ring (bicyclic) bond motifs is 1. The summed E-state index contributed by atoms with van der Waals surface area (Å²) in [5.74, 6) is -1.75. The van der Waals surface area contributed by atoms with E-state index in [9.17, 15) is 14.0 Å². The van der Waals surface area contributed by atoms with E-state index >= 15 is 0 Å². The van der Waals surface area contributed by atoms with Crippen LogP contribution in [0.5, 0.6) is 0 Å². The number of amides is 2. The quantitative estimate of drug-likeness (QED) is 0.517. The van der Waals surface area contributed by atoms with Crippen molar-refractivity contribution < 1.29 is 14.0 Å². The number of nitrogens with one attached hydrogen (secondary N) is 1. The number of nitrogens with two attached hydrogens (primary N) is 1. The lowest BCUT2D eigenvalue weighted by molar-refractivity contribution is 0.0996. The SMILES string of the molecule is Cc1c(F)cc(C(N)=O)cc1NC(=O)c1cn(Cc2ccccc2)c2ccccc12. The lowest BCUT2D eigenvalue weighted by atomic mass is 10.1. The summed E-state index contributed by atoms with van der Waals surface area (Å²) < 4.78 is 16.2. The molecule has 0 bridgehead atoms. The van der Waals surface area contributed by atoms with Crippen molar-refractivity contribution in [3.63, 3.8) is 0 Å². The van der Waals surface area contributed by atoms with Crippen molar-refractivity contribution in [3.05, 3.63) is 101 Å². The summed E-state index contributed by atoms with van der Waals surface area (Å²) in [6.07, 6.45) is 1.79. The minimum absolute atomic E-state index is 0.0000872. The number of anilines is 1. The molecule has 0 unspecified atom stereocenters. The molecule has 0 radical (unpaired) electrons. The van der Waals surface area contributed by atoms with Crippen LogP contribution in [-0.2, 0) is 6.54 Å². The summed E-state index contributed by atoms with van der Waals surface area (Å²) in [4.78, 5) is 24.5. The Hall–Kier alpha value is -3.93. The minimum Gasteiger partial charge on any atom is -0.366 e. The Bertz CT molecular complexity index is 1260. The van der Waals surface area contributed by atoms with Crippen molar-refractivity contribution in [2.75, 3.05) is 5.32 Å². The lowest BCUT2D eigenvalue weighted by Gasteiger charge is -2.10. The highest BCUT2D eigenvalue weighted by atomic mass is 19.1. The van der Waals surface area contributed by atoms with Gasteiger partial charge in [0.05, 0.1) is 5.56 Å².